The van der Waals surface area contributed by atoms with Crippen LogP contribution in [-0.4, -0.2) is 48.8 Å². The second-order valence-electron chi connectivity index (χ2n) is 7.49. The van der Waals surface area contributed by atoms with Crippen LogP contribution in [0.15, 0.2) is 58.6 Å². The quantitative estimate of drug-likeness (QED) is 0.223. The number of guanidine groups is 1. The van der Waals surface area contributed by atoms with Gasteiger partial charge in [0.15, 0.2) is 0 Å². The van der Waals surface area contributed by atoms with Crippen LogP contribution in [0.3, 0.4) is 0 Å². The molecule has 0 saturated carbocycles. The summed E-state index contributed by atoms with van der Waals surface area (Å²) in [6.45, 7) is 1.95. The van der Waals surface area contributed by atoms with Gasteiger partial charge in [-0.25, -0.2) is 19.3 Å². The van der Waals surface area contributed by atoms with E-state index in [9.17, 15) is 13.6 Å². The molecule has 1 heterocycles. The number of thioether (sulfide) groups is 1. The van der Waals surface area contributed by atoms with Gasteiger partial charge in [-0.05, 0) is 43.5 Å². The first kappa shape index (κ1) is 28.5. The first-order valence-electron chi connectivity index (χ1n) is 10.6. The number of amides is 1. The molecule has 190 valence electrons. The lowest BCUT2D eigenvalue weighted by molar-refractivity contribution is -0.144. The van der Waals surface area contributed by atoms with Crippen molar-refractivity contribution in [1.29, 1.82) is 0 Å². The van der Waals surface area contributed by atoms with Crippen LogP contribution in [0.4, 0.5) is 8.78 Å². The van der Waals surface area contributed by atoms with Gasteiger partial charge >= 0.3 is 0 Å². The predicted molar refractivity (Wildman–Crippen MR) is 135 cm³/mol. The molecule has 1 aliphatic rings. The van der Waals surface area contributed by atoms with Crippen LogP contribution in [-0.2, 0) is 19.2 Å². The molecule has 2 aromatic rings. The van der Waals surface area contributed by atoms with Crippen molar-refractivity contribution in [3.05, 3.63) is 71.3 Å². The third kappa shape index (κ3) is 6.49. The first-order valence-corrected chi connectivity index (χ1v) is 11.4. The van der Waals surface area contributed by atoms with Crippen molar-refractivity contribution in [3.63, 3.8) is 0 Å². The summed E-state index contributed by atoms with van der Waals surface area (Å²) in [6, 6.07) is 12.4. The number of aliphatic imine (C=N–C) groups is 1. The van der Waals surface area contributed by atoms with Gasteiger partial charge in [-0.2, -0.15) is 5.10 Å². The highest BCUT2D eigenvalue weighted by Gasteiger charge is 2.49. The minimum absolute atomic E-state index is 0. The molecule has 12 heteroatoms. The number of methoxy groups -OCH3 is 1. The Hall–Kier alpha value is -2.73. The molecule has 3 N–H and O–H groups in total. The zero-order valence-electron chi connectivity index (χ0n) is 19.5. The van der Waals surface area contributed by atoms with Crippen molar-refractivity contribution >= 4 is 41.1 Å². The molecule has 0 fully saturated rings. The van der Waals surface area contributed by atoms with Crippen molar-refractivity contribution in [2.24, 2.45) is 15.8 Å². The number of hydroxylamine groups is 1. The lowest BCUT2D eigenvalue weighted by Crippen LogP contribution is -2.45. The van der Waals surface area contributed by atoms with E-state index in [1.807, 2.05) is 30.3 Å². The molecule has 0 aliphatic carbocycles. The fourth-order valence-corrected chi connectivity index (χ4v) is 4.93. The number of halogens is 3. The molecule has 2 unspecified atom stereocenters. The molecule has 2 atom stereocenters. The Bertz CT molecular complexity index is 1080. The molecule has 3 rings (SSSR count). The molecule has 1 amide bonds. The summed E-state index contributed by atoms with van der Waals surface area (Å²) in [5.41, 5.74) is 8.92. The number of ether oxygens (including phenoxy) is 1. The molecule has 0 spiro atoms. The second-order valence-corrected chi connectivity index (χ2v) is 8.75. The number of benzene rings is 2. The van der Waals surface area contributed by atoms with E-state index >= 15 is 0 Å². The van der Waals surface area contributed by atoms with Crippen LogP contribution in [0.5, 0.6) is 0 Å². The Balaban J connectivity index is 0.00000432. The molecular weight excluding hydrogens is 500 g/mol. The first-order chi connectivity index (χ1) is 16.3. The summed E-state index contributed by atoms with van der Waals surface area (Å²) >= 11 is 1.19. The standard InChI is InChI=1S/C23H27F2N5O3S.ClH/c1-15(32-2)21(31)30-23(16-8-5-4-6-9-16,12-7-13-27-22(26)29-33-3)34-20(28-30)18-14-17(24)10-11-19(18)25;/h4-6,8-11,14-15H,7,12-13H2,1-3H3,(H3,26,27,29);1H. The molecular formula is C23H28ClF2N5O3S. The minimum atomic E-state index is -1.03. The zero-order chi connectivity index (χ0) is 24.7. The molecule has 0 bridgehead atoms. The number of nitrogens with one attached hydrogen (secondary N) is 1. The van der Waals surface area contributed by atoms with Crippen molar-refractivity contribution in [1.82, 2.24) is 10.5 Å². The van der Waals surface area contributed by atoms with Gasteiger partial charge in [0.1, 0.15) is 27.7 Å². The molecule has 35 heavy (non-hydrogen) atoms. The third-order valence-electron chi connectivity index (χ3n) is 5.25. The van der Waals surface area contributed by atoms with E-state index in [4.69, 9.17) is 15.3 Å². The van der Waals surface area contributed by atoms with Gasteiger partial charge in [-0.1, -0.05) is 42.1 Å². The van der Waals surface area contributed by atoms with Gasteiger partial charge in [0.2, 0.25) is 5.96 Å². The number of hydrogen-bond acceptors (Lipinski definition) is 6. The molecule has 8 nitrogen and oxygen atoms in total. The number of nitrogens with zero attached hydrogens (tertiary/aromatic N) is 3. The molecule has 2 aromatic carbocycles. The lowest BCUT2D eigenvalue weighted by Gasteiger charge is -2.36. The molecule has 1 aliphatic heterocycles. The Morgan fingerprint density at radius 1 is 1.26 bits per heavy atom. The average molecular weight is 528 g/mol. The molecule has 0 aromatic heterocycles. The van der Waals surface area contributed by atoms with Gasteiger partial charge in [-0.15, -0.1) is 12.4 Å². The summed E-state index contributed by atoms with van der Waals surface area (Å²) in [4.78, 5) is 21.3. The number of carbonyl (C=O) groups excluding carboxylic acids is 1. The van der Waals surface area contributed by atoms with Crippen LogP contribution in [0.1, 0.15) is 30.9 Å². The summed E-state index contributed by atoms with van der Waals surface area (Å²) in [6.07, 6.45) is 0.106. The average Bonchev–Trinajstić information content (AvgIpc) is 3.23. The van der Waals surface area contributed by atoms with Crippen molar-refractivity contribution in [2.45, 2.75) is 30.7 Å². The van der Waals surface area contributed by atoms with Crippen LogP contribution < -0.4 is 11.2 Å². The largest absolute Gasteiger partial charge is 0.372 e. The Morgan fingerprint density at radius 3 is 2.63 bits per heavy atom. The van der Waals surface area contributed by atoms with Crippen molar-refractivity contribution in [3.8, 4) is 0 Å². The minimum Gasteiger partial charge on any atom is -0.372 e. The topological polar surface area (TPSA) is 102 Å². The highest BCUT2D eigenvalue weighted by Crippen LogP contribution is 2.51. The number of nitrogens with two attached hydrogens (primary N) is 1. The van der Waals surface area contributed by atoms with Gasteiger partial charge < -0.3 is 10.5 Å². The zero-order valence-corrected chi connectivity index (χ0v) is 21.2. The predicted octanol–water partition coefficient (Wildman–Crippen LogP) is 3.76. The second kappa shape index (κ2) is 12.8. The number of carbonyl (C=O) groups is 1. The Labute approximate surface area is 213 Å². The number of hydrazone groups is 1. The van der Waals surface area contributed by atoms with Crippen LogP contribution in [0, 0.1) is 11.6 Å². The number of rotatable bonds is 9. The van der Waals surface area contributed by atoms with E-state index in [1.165, 1.54) is 31.0 Å². The maximum atomic E-state index is 14.7. The van der Waals surface area contributed by atoms with Gasteiger partial charge in [0.05, 0.1) is 7.11 Å². The van der Waals surface area contributed by atoms with E-state index in [2.05, 4.69) is 15.6 Å². The summed E-state index contributed by atoms with van der Waals surface area (Å²) < 4.78 is 33.9. The SMILES string of the molecule is CONC(N)=NCCCC1(c2ccccc2)SC(c2cc(F)ccc2F)=NN1C(=O)C(C)OC.Cl. The summed E-state index contributed by atoms with van der Waals surface area (Å²) in [5.74, 6) is -1.52. The third-order valence-corrected chi connectivity index (χ3v) is 6.70. The van der Waals surface area contributed by atoms with E-state index in [0.29, 0.717) is 19.4 Å². The fraction of sp³-hybridized carbons (Fsp3) is 0.348. The highest BCUT2D eigenvalue weighted by atomic mass is 35.5. The van der Waals surface area contributed by atoms with E-state index in [0.717, 1.165) is 23.8 Å². The smallest absolute Gasteiger partial charge is 0.273 e. The van der Waals surface area contributed by atoms with Crippen LogP contribution >= 0.6 is 24.2 Å². The normalized spacial score (nSPS) is 18.6. The van der Waals surface area contributed by atoms with Gasteiger partial charge in [0.25, 0.3) is 5.91 Å². The van der Waals surface area contributed by atoms with Gasteiger partial charge in [0, 0.05) is 19.2 Å². The van der Waals surface area contributed by atoms with E-state index in [-0.39, 0.29) is 29.0 Å². The van der Waals surface area contributed by atoms with E-state index < -0.39 is 28.5 Å². The monoisotopic (exact) mass is 527 g/mol. The van der Waals surface area contributed by atoms with Crippen LogP contribution in [0.25, 0.3) is 0 Å². The summed E-state index contributed by atoms with van der Waals surface area (Å²) in [5, 5.41) is 6.00. The van der Waals surface area contributed by atoms with E-state index in [1.54, 1.807) is 6.92 Å². The van der Waals surface area contributed by atoms with Crippen LogP contribution in [0.2, 0.25) is 0 Å². The van der Waals surface area contributed by atoms with Gasteiger partial charge in [-0.3, -0.25) is 14.6 Å². The Kier molecular flexibility index (Phi) is 10.4. The lowest BCUT2D eigenvalue weighted by atomic mass is 10.00. The molecule has 0 radical (unpaired) electrons. The Morgan fingerprint density at radius 2 is 1.97 bits per heavy atom. The van der Waals surface area contributed by atoms with Crippen molar-refractivity contribution in [2.75, 3.05) is 20.8 Å². The highest BCUT2D eigenvalue weighted by molar-refractivity contribution is 8.15. The van der Waals surface area contributed by atoms with Crippen molar-refractivity contribution < 1.29 is 23.1 Å². The number of hydrogen-bond donors (Lipinski definition) is 2. The molecule has 0 saturated heterocycles. The summed E-state index contributed by atoms with van der Waals surface area (Å²) in [7, 11) is 2.85. The fourth-order valence-electron chi connectivity index (χ4n) is 3.50. The maximum Gasteiger partial charge on any atom is 0.273 e. The maximum absolute atomic E-state index is 14.7.